The standard InChI is InChI=1S/C49H48BBrN2O8Si/c1-49(2,3)62(39-18-9-5-10-19-39,40-20-11-6-12-21-40)60-31-35-28-41-46(48(56)52(47(41)55)37-16-13-17-38(29-37)53(58)59)42-30-50(57)61-44(45(35)42)25-22-33(32-14-7-4-8-15-32)26-34-27-36(51)23-24-43(34)54/h4-21,23-24,26-27,29,41-42,44,46,54,57H,22,25,28,30-31H2,1-3H3/b33-26-/t41-,42+,44-,46-/m1/s1. The summed E-state index contributed by atoms with van der Waals surface area (Å²) in [4.78, 5) is 41.6. The average Bonchev–Trinajstić information content (AvgIpc) is 3.52. The molecule has 8 rings (SSSR count). The van der Waals surface area contributed by atoms with Gasteiger partial charge in [0.2, 0.25) is 11.8 Å². The van der Waals surface area contributed by atoms with Gasteiger partial charge in [0.05, 0.1) is 35.2 Å². The number of nitrogens with zero attached hydrogens (tertiary/aromatic N) is 2. The summed E-state index contributed by atoms with van der Waals surface area (Å²) in [5.41, 5.74) is 4.16. The molecule has 0 radical (unpaired) electrons. The molecule has 316 valence electrons. The lowest BCUT2D eigenvalue weighted by Gasteiger charge is -2.46. The fourth-order valence-electron chi connectivity index (χ4n) is 9.92. The molecule has 10 nitrogen and oxygen atoms in total. The Kier molecular flexibility index (Phi) is 12.4. The number of phenolic OH excluding ortho intramolecular Hbond substituents is 1. The smallest absolute Gasteiger partial charge is 0.455 e. The number of fused-ring (bicyclic) bond motifs is 3. The third kappa shape index (κ3) is 8.27. The number of carbonyl (C=O) groups is 2. The highest BCUT2D eigenvalue weighted by Crippen LogP contribution is 2.52. The van der Waals surface area contributed by atoms with Crippen molar-refractivity contribution in [1.82, 2.24) is 0 Å². The number of carbonyl (C=O) groups excluding carboxylic acids is 2. The molecule has 0 unspecified atom stereocenters. The number of rotatable bonds is 12. The fourth-order valence-corrected chi connectivity index (χ4v) is 14.8. The summed E-state index contributed by atoms with van der Waals surface area (Å²) in [6, 6.07) is 41.4. The molecular formula is C49H48BBrN2O8Si. The van der Waals surface area contributed by atoms with Crippen LogP contribution in [0.4, 0.5) is 11.4 Å². The highest BCUT2D eigenvalue weighted by Gasteiger charge is 2.58. The number of amides is 2. The van der Waals surface area contributed by atoms with Gasteiger partial charge in [-0.15, -0.1) is 0 Å². The molecule has 0 aromatic heterocycles. The van der Waals surface area contributed by atoms with Crippen LogP contribution in [0.1, 0.15) is 51.2 Å². The summed E-state index contributed by atoms with van der Waals surface area (Å²) in [5, 5.41) is 36.0. The number of imide groups is 1. The van der Waals surface area contributed by atoms with Crippen molar-refractivity contribution in [3.8, 4) is 5.75 Å². The lowest BCUT2D eigenvalue weighted by Crippen LogP contribution is -2.66. The molecule has 1 aliphatic carbocycles. The van der Waals surface area contributed by atoms with Crippen LogP contribution in [0.3, 0.4) is 0 Å². The highest BCUT2D eigenvalue weighted by molar-refractivity contribution is 9.10. The first-order valence-electron chi connectivity index (χ1n) is 20.9. The van der Waals surface area contributed by atoms with Crippen molar-refractivity contribution >= 4 is 76.6 Å². The van der Waals surface area contributed by atoms with Gasteiger partial charge in [-0.05, 0) is 99.5 Å². The predicted molar refractivity (Wildman–Crippen MR) is 248 cm³/mol. The number of halogens is 1. The van der Waals surface area contributed by atoms with Gasteiger partial charge in [0.1, 0.15) is 5.75 Å². The second-order valence-corrected chi connectivity index (χ2v) is 22.6. The zero-order valence-electron chi connectivity index (χ0n) is 34.8. The van der Waals surface area contributed by atoms with Gasteiger partial charge < -0.3 is 19.2 Å². The van der Waals surface area contributed by atoms with Gasteiger partial charge >= 0.3 is 7.12 Å². The van der Waals surface area contributed by atoms with Crippen molar-refractivity contribution in [2.24, 2.45) is 17.8 Å². The largest absolute Gasteiger partial charge is 0.507 e. The first-order valence-corrected chi connectivity index (χ1v) is 23.6. The molecular weight excluding hydrogens is 863 g/mol. The maximum atomic E-state index is 14.7. The number of hydrogen-bond acceptors (Lipinski definition) is 8. The highest BCUT2D eigenvalue weighted by atomic mass is 79.9. The summed E-state index contributed by atoms with van der Waals surface area (Å²) in [7, 11) is -4.32. The fraction of sp³-hybridized carbons (Fsp3) is 0.265. The van der Waals surface area contributed by atoms with Gasteiger partial charge in [-0.1, -0.05) is 134 Å². The van der Waals surface area contributed by atoms with E-state index in [1.165, 1.54) is 18.2 Å². The van der Waals surface area contributed by atoms with E-state index in [9.17, 15) is 29.8 Å². The second-order valence-electron chi connectivity index (χ2n) is 17.3. The number of anilines is 1. The lowest BCUT2D eigenvalue weighted by atomic mass is 9.58. The summed E-state index contributed by atoms with van der Waals surface area (Å²) in [6.07, 6.45) is 2.50. The topological polar surface area (TPSA) is 139 Å². The Bertz CT molecular complexity index is 2510. The van der Waals surface area contributed by atoms with E-state index in [1.54, 1.807) is 18.2 Å². The average molecular weight is 912 g/mol. The van der Waals surface area contributed by atoms with E-state index in [-0.39, 0.29) is 41.5 Å². The molecule has 2 amide bonds. The predicted octanol–water partition coefficient (Wildman–Crippen LogP) is 8.96. The maximum Gasteiger partial charge on any atom is 0.455 e. The lowest BCUT2D eigenvalue weighted by molar-refractivity contribution is -0.384. The van der Waals surface area contributed by atoms with Crippen molar-refractivity contribution in [3.05, 3.63) is 170 Å². The van der Waals surface area contributed by atoms with Crippen LogP contribution in [-0.4, -0.2) is 55.0 Å². The molecule has 5 aromatic rings. The first kappa shape index (κ1) is 43.2. The molecule has 0 bridgehead atoms. The number of benzene rings is 5. The number of aromatic hydroxyl groups is 1. The second kappa shape index (κ2) is 17.7. The number of nitro groups is 1. The van der Waals surface area contributed by atoms with Gasteiger partial charge in [-0.2, -0.15) is 0 Å². The Balaban J connectivity index is 1.24. The normalized spacial score (nSPS) is 20.6. The Morgan fingerprint density at radius 3 is 2.18 bits per heavy atom. The van der Waals surface area contributed by atoms with Crippen LogP contribution in [0, 0.1) is 27.9 Å². The Morgan fingerprint density at radius 1 is 0.903 bits per heavy atom. The van der Waals surface area contributed by atoms with E-state index in [4.69, 9.17) is 9.08 Å². The van der Waals surface area contributed by atoms with Gasteiger partial charge in [0.15, 0.2) is 0 Å². The molecule has 3 aliphatic rings. The monoisotopic (exact) mass is 910 g/mol. The van der Waals surface area contributed by atoms with Crippen molar-refractivity contribution in [1.29, 1.82) is 0 Å². The van der Waals surface area contributed by atoms with Crippen LogP contribution in [-0.2, 0) is 18.7 Å². The maximum absolute atomic E-state index is 14.7. The molecule has 2 heterocycles. The third-order valence-corrected chi connectivity index (χ3v) is 18.1. The van der Waals surface area contributed by atoms with Gasteiger partial charge in [0, 0.05) is 22.2 Å². The number of allylic oxidation sites excluding steroid dienone is 1. The molecule has 2 aliphatic heterocycles. The van der Waals surface area contributed by atoms with Crippen LogP contribution >= 0.6 is 15.9 Å². The molecule has 0 saturated carbocycles. The van der Waals surface area contributed by atoms with Crippen molar-refractivity contribution in [2.75, 3.05) is 11.5 Å². The molecule has 2 fully saturated rings. The van der Waals surface area contributed by atoms with Gasteiger partial charge in [-0.3, -0.25) is 19.7 Å². The van der Waals surface area contributed by atoms with Crippen LogP contribution in [0.25, 0.3) is 11.6 Å². The van der Waals surface area contributed by atoms with Crippen molar-refractivity contribution in [2.45, 2.75) is 57.5 Å². The SMILES string of the molecule is CC(C)(C)[Si](OCC1=C2[C@@H](CC/C(=C/c3cc(Br)ccc3O)c3ccccc3)OB(O)C[C@@H]2[C@@H]2C(=O)N(c3cccc([N+](=O)[O-])c3)C(=O)[C@@H]2C1)(c1ccccc1)c1ccccc1. The van der Waals surface area contributed by atoms with E-state index in [1.807, 2.05) is 78.9 Å². The summed E-state index contributed by atoms with van der Waals surface area (Å²) < 4.78 is 14.8. The van der Waals surface area contributed by atoms with Crippen LogP contribution < -0.4 is 15.3 Å². The van der Waals surface area contributed by atoms with E-state index in [2.05, 4.69) is 61.0 Å². The van der Waals surface area contributed by atoms with Crippen LogP contribution in [0.15, 0.2) is 149 Å². The van der Waals surface area contributed by atoms with Gasteiger partial charge in [-0.25, -0.2) is 4.90 Å². The number of nitro benzene ring substituents is 1. The number of non-ortho nitro benzene ring substituents is 1. The molecule has 5 aromatic carbocycles. The first-order chi connectivity index (χ1) is 29.8. The Labute approximate surface area is 371 Å². The summed E-state index contributed by atoms with van der Waals surface area (Å²) >= 11 is 3.54. The quantitative estimate of drug-likeness (QED) is 0.0316. The minimum atomic E-state index is -3.09. The molecule has 13 heteroatoms. The molecule has 2 N–H and O–H groups in total. The van der Waals surface area contributed by atoms with E-state index in [0.717, 1.165) is 42.0 Å². The molecule has 2 saturated heterocycles. The zero-order valence-corrected chi connectivity index (χ0v) is 37.4. The van der Waals surface area contributed by atoms with Crippen LogP contribution in [0.2, 0.25) is 11.4 Å². The van der Waals surface area contributed by atoms with Crippen LogP contribution in [0.5, 0.6) is 5.75 Å². The van der Waals surface area contributed by atoms with Crippen molar-refractivity contribution < 1.29 is 33.7 Å². The molecule has 4 atom stereocenters. The minimum Gasteiger partial charge on any atom is -0.507 e. The third-order valence-electron chi connectivity index (χ3n) is 12.6. The summed E-state index contributed by atoms with van der Waals surface area (Å²) in [6.45, 7) is 6.77. The number of phenols is 1. The molecule has 62 heavy (non-hydrogen) atoms. The Hall–Kier alpha value is -5.44. The molecule has 0 spiro atoms. The zero-order chi connectivity index (χ0) is 43.8. The Morgan fingerprint density at radius 2 is 1.55 bits per heavy atom. The van der Waals surface area contributed by atoms with Gasteiger partial charge in [0.25, 0.3) is 14.0 Å². The van der Waals surface area contributed by atoms with Crippen molar-refractivity contribution in [3.63, 3.8) is 0 Å². The summed E-state index contributed by atoms with van der Waals surface area (Å²) in [5.74, 6) is -2.91. The number of hydrogen-bond donors (Lipinski definition) is 2. The van der Waals surface area contributed by atoms with E-state index in [0.29, 0.717) is 18.4 Å². The van der Waals surface area contributed by atoms with E-state index >= 15 is 0 Å². The minimum absolute atomic E-state index is 0.0881. The van der Waals surface area contributed by atoms with E-state index < -0.39 is 56.0 Å².